The summed E-state index contributed by atoms with van der Waals surface area (Å²) in [6.07, 6.45) is 0. The van der Waals surface area contributed by atoms with Gasteiger partial charge in [0.1, 0.15) is 0 Å². The molecule has 0 aromatic rings. The van der Waals surface area contributed by atoms with Gasteiger partial charge in [-0.25, -0.2) is 0 Å². The van der Waals surface area contributed by atoms with E-state index in [1.165, 1.54) is 0 Å². The summed E-state index contributed by atoms with van der Waals surface area (Å²) < 4.78 is 0. The van der Waals surface area contributed by atoms with E-state index in [-0.39, 0.29) is 58.1 Å². The number of rotatable bonds is 0. The molecule has 32 valence electrons. The minimum atomic E-state index is 0. The molecule has 5 heteroatoms. The van der Waals surface area contributed by atoms with E-state index in [1.807, 2.05) is 0 Å². The first-order chi connectivity index (χ1) is 0. The second kappa shape index (κ2) is 76.1. The Balaban J connectivity index is 0. The van der Waals surface area contributed by atoms with Crippen molar-refractivity contribution in [3.05, 3.63) is 0 Å². The zero-order valence-electron chi connectivity index (χ0n) is 2.46. The Morgan fingerprint density at radius 2 is 0.600 bits per heavy atom. The van der Waals surface area contributed by atoms with E-state index in [2.05, 4.69) is 0 Å². The second-order valence-corrected chi connectivity index (χ2v) is 0. The molecule has 0 heterocycles. The molecule has 0 aliphatic rings. The van der Waals surface area contributed by atoms with Crippen LogP contribution in [0.1, 0.15) is 0 Å². The molecule has 0 unspecified atom stereocenters. The summed E-state index contributed by atoms with van der Waals surface area (Å²) in [4.78, 5) is 0. The van der Waals surface area contributed by atoms with Crippen LogP contribution in [0, 0.1) is 0 Å². The third-order valence-electron chi connectivity index (χ3n) is 0. The fourth-order valence-electron chi connectivity index (χ4n) is 0. The molecule has 2 nitrogen and oxygen atoms in total. The van der Waals surface area contributed by atoms with Crippen LogP contribution in [0.5, 0.6) is 0 Å². The fourth-order valence-corrected chi connectivity index (χ4v) is 0. The van der Waals surface area contributed by atoms with E-state index in [0.29, 0.717) is 0 Å². The molecule has 0 radical (unpaired) electrons. The minimum Gasteiger partial charge on any atom is -1.00 e. The van der Waals surface area contributed by atoms with Crippen LogP contribution in [0.2, 0.25) is 0 Å². The first-order valence-electron chi connectivity index (χ1n) is 0. The zero-order valence-corrected chi connectivity index (χ0v) is 4.67. The molecular weight excluding hydrogens is 110 g/mol. The molecule has 0 saturated carbocycles. The third-order valence-corrected chi connectivity index (χ3v) is 0. The van der Waals surface area contributed by atoms with E-state index in [0.717, 1.165) is 0 Å². The van der Waals surface area contributed by atoms with Crippen molar-refractivity contribution in [1.29, 1.82) is 0 Å². The fraction of sp³-hybridized carbons (Fsp3) is 0. The molecule has 0 aliphatic carbocycles. The Bertz CT molecular complexity index is 7.61. The van der Waals surface area contributed by atoms with Gasteiger partial charge in [-0.15, -0.1) is 0 Å². The van der Waals surface area contributed by atoms with Gasteiger partial charge in [0, 0.05) is 0 Å². The molecule has 4 N–H and O–H groups in total. The van der Waals surface area contributed by atoms with Gasteiger partial charge < -0.3 is 20.4 Å². The van der Waals surface area contributed by atoms with Gasteiger partial charge >= 0.3 is 37.7 Å². The molecule has 0 aromatic heterocycles. The summed E-state index contributed by atoms with van der Waals surface area (Å²) in [5.41, 5.74) is 0. The Labute approximate surface area is 57.9 Å². The first-order valence-corrected chi connectivity index (χ1v) is 0. The first kappa shape index (κ1) is 142. The van der Waals surface area contributed by atoms with Gasteiger partial charge in [0.05, 0.1) is 0 Å². The topological polar surface area (TPSA) is 63.0 Å². The molecule has 5 heavy (non-hydrogen) atoms. The van der Waals surface area contributed by atoms with Crippen molar-refractivity contribution in [2.45, 2.75) is 0 Å². The molecule has 0 saturated heterocycles. The second-order valence-electron chi connectivity index (χ2n) is 0. The Hall–Kier alpha value is 1.04. The summed E-state index contributed by atoms with van der Waals surface area (Å²) >= 11 is 0. The molecule has 0 fully saturated rings. The van der Waals surface area contributed by atoms with E-state index in [4.69, 9.17) is 0 Å². The summed E-state index contributed by atoms with van der Waals surface area (Å²) in [5, 5.41) is 0. The smallest absolute Gasteiger partial charge is 1.00 e. The third kappa shape index (κ3) is 43.1. The summed E-state index contributed by atoms with van der Waals surface area (Å²) in [5.74, 6) is 0. The van der Waals surface area contributed by atoms with E-state index >= 15 is 0 Å². The van der Waals surface area contributed by atoms with Gasteiger partial charge in [-0.1, -0.05) is 0 Å². The summed E-state index contributed by atoms with van der Waals surface area (Å²) in [6, 6.07) is 0. The van der Waals surface area contributed by atoms with E-state index in [1.54, 1.807) is 0 Å². The Morgan fingerprint density at radius 1 is 0.600 bits per heavy atom. The van der Waals surface area contributed by atoms with Crippen LogP contribution in [0.25, 0.3) is 0 Å². The molecule has 0 aliphatic heterocycles. The van der Waals surface area contributed by atoms with Gasteiger partial charge in [-0.3, -0.25) is 0 Å². The number of hydrogen-bond acceptors (Lipinski definition) is 0. The summed E-state index contributed by atoms with van der Waals surface area (Å²) in [6.45, 7) is 0. The van der Waals surface area contributed by atoms with Crippen molar-refractivity contribution >= 4 is 37.7 Å². The number of hydrogen-bond donors (Lipinski definition) is 0. The molecule has 0 bridgehead atoms. The predicted molar refractivity (Wildman–Crippen MR) is 13.0 cm³/mol. The zero-order chi connectivity index (χ0) is 0. The number of halogens is 2. The molecular formula is H4CaF2O2. The monoisotopic (exact) mass is 114 g/mol. The average molecular weight is 114 g/mol. The molecule has 0 aromatic carbocycles. The van der Waals surface area contributed by atoms with Crippen molar-refractivity contribution in [2.24, 2.45) is 0 Å². The standard InChI is InChI=1S/Ca.2FH.2H2O/h;2*1H;2*1H2/q+2;;;;/p-2. The van der Waals surface area contributed by atoms with Crippen LogP contribution in [0.15, 0.2) is 0 Å². The van der Waals surface area contributed by atoms with Crippen molar-refractivity contribution < 1.29 is 20.4 Å². The normalized spacial score (nSPS) is 0. The molecule has 0 rings (SSSR count). The van der Waals surface area contributed by atoms with Gasteiger partial charge in [0.15, 0.2) is 0 Å². The van der Waals surface area contributed by atoms with Gasteiger partial charge in [0.2, 0.25) is 0 Å². The average Bonchev–Trinajstić information content (AvgIpc) is 0. The van der Waals surface area contributed by atoms with Crippen LogP contribution in [0.4, 0.5) is 0 Å². The SMILES string of the molecule is O.O.[Ca+2].[F-].[F-]. The van der Waals surface area contributed by atoms with Crippen LogP contribution < -0.4 is 9.41 Å². The van der Waals surface area contributed by atoms with E-state index < -0.39 is 0 Å². The largest absolute Gasteiger partial charge is 2.00 e. The van der Waals surface area contributed by atoms with Crippen molar-refractivity contribution in [3.8, 4) is 0 Å². The molecule has 0 atom stereocenters. The van der Waals surface area contributed by atoms with Gasteiger partial charge in [-0.2, -0.15) is 0 Å². The minimum absolute atomic E-state index is 0. The van der Waals surface area contributed by atoms with Crippen molar-refractivity contribution in [3.63, 3.8) is 0 Å². The van der Waals surface area contributed by atoms with Crippen molar-refractivity contribution in [1.82, 2.24) is 0 Å². The molecule has 0 amide bonds. The van der Waals surface area contributed by atoms with Crippen LogP contribution in [-0.2, 0) is 0 Å². The maximum atomic E-state index is 0. The van der Waals surface area contributed by atoms with Crippen LogP contribution >= 0.6 is 0 Å². The van der Waals surface area contributed by atoms with Crippen LogP contribution in [0.3, 0.4) is 0 Å². The maximum absolute atomic E-state index is 0. The predicted octanol–water partition coefficient (Wildman–Crippen LogP) is -8.02. The summed E-state index contributed by atoms with van der Waals surface area (Å²) in [7, 11) is 0. The Morgan fingerprint density at radius 3 is 0.600 bits per heavy atom. The Kier molecular flexibility index (Phi) is 2160. The van der Waals surface area contributed by atoms with Gasteiger partial charge in [0.25, 0.3) is 0 Å². The quantitative estimate of drug-likeness (QED) is 0.281. The van der Waals surface area contributed by atoms with Crippen molar-refractivity contribution in [2.75, 3.05) is 0 Å². The maximum Gasteiger partial charge on any atom is 2.00 e. The van der Waals surface area contributed by atoms with Crippen LogP contribution in [-0.4, -0.2) is 48.7 Å². The van der Waals surface area contributed by atoms with E-state index in [9.17, 15) is 0 Å². The van der Waals surface area contributed by atoms with Gasteiger partial charge in [-0.05, 0) is 0 Å². The molecule has 0 spiro atoms.